The number of fused-ring (bicyclic) bond motifs is 8. The molecule has 12 aromatic rings. The van der Waals surface area contributed by atoms with E-state index in [1.54, 1.807) is 0 Å². The van der Waals surface area contributed by atoms with Crippen LogP contribution in [-0.2, 0) is 12.8 Å². The van der Waals surface area contributed by atoms with Crippen LogP contribution < -0.4 is 25.3 Å². The Kier molecular flexibility index (Phi) is 11.0. The van der Waals surface area contributed by atoms with Crippen molar-refractivity contribution in [2.45, 2.75) is 26.7 Å². The van der Waals surface area contributed by atoms with Gasteiger partial charge in [0.05, 0.1) is 33.8 Å². The number of hydrogen-bond acceptors (Lipinski definition) is 7. The van der Waals surface area contributed by atoms with Gasteiger partial charge in [0.25, 0.3) is 0 Å². The maximum absolute atomic E-state index is 6.53. The minimum absolute atomic E-state index is 0.686. The number of ether oxygens (including phenoxy) is 3. The quantitative estimate of drug-likeness (QED) is 0.134. The van der Waals surface area contributed by atoms with Crippen LogP contribution in [0.15, 0.2) is 197 Å². The van der Waals surface area contributed by atoms with E-state index in [0.717, 1.165) is 118 Å². The van der Waals surface area contributed by atoms with Crippen molar-refractivity contribution in [2.24, 2.45) is 0 Å². The molecule has 354 valence electrons. The zero-order chi connectivity index (χ0) is 49.3. The molecule has 9 nitrogen and oxygen atoms in total. The number of nitrogens with two attached hydrogens (primary N) is 1. The monoisotopic (exact) mass is 1080 g/mol. The Bertz CT molecular complexity index is 4130. The molecule has 0 saturated carbocycles. The number of anilines is 3. The van der Waals surface area contributed by atoms with Gasteiger partial charge in [0.2, 0.25) is 0 Å². The smallest absolute Gasteiger partial charge is 0.153 e. The van der Waals surface area contributed by atoms with Crippen LogP contribution in [0.4, 0.5) is 17.1 Å². The standard InChI is InChI=1S/C35H24N2O.C15H11BrN2O.C12H9BrN2O/c1-2-32-36-28-17-10-18-30-35(28)37(32)29-20-19-23(21-31(29)38-30)34-26-15-8-6-13-24(26)33(22-11-4-3-5-12-22)25-14-7-9-16-27(25)34;1-2-14-17-10-4-3-5-12-15(10)18(14)11-7-6-9(16)8-13(11)19-12;13-7-4-5-9-11(6-7)16-10-3-1-2-8(14)12(10)15-9/h3-21H,2H2,1H3;3-8H,2H2,1H3;1-6,15H,14H2. The lowest BCUT2D eigenvalue weighted by Gasteiger charge is -2.23. The van der Waals surface area contributed by atoms with Gasteiger partial charge in [-0.1, -0.05) is 149 Å². The molecule has 0 saturated heterocycles. The molecule has 73 heavy (non-hydrogen) atoms. The Morgan fingerprint density at radius 2 is 0.932 bits per heavy atom. The van der Waals surface area contributed by atoms with E-state index in [0.29, 0.717) is 5.69 Å². The molecule has 11 heteroatoms. The molecule has 2 aromatic heterocycles. The summed E-state index contributed by atoms with van der Waals surface area (Å²) in [6.07, 6.45) is 1.75. The van der Waals surface area contributed by atoms with Gasteiger partial charge in [-0.2, -0.15) is 0 Å². The molecule has 3 N–H and O–H groups in total. The fourth-order valence-electron chi connectivity index (χ4n) is 10.4. The molecule has 0 aliphatic carbocycles. The summed E-state index contributed by atoms with van der Waals surface area (Å²) in [5.74, 6) is 7.11. The van der Waals surface area contributed by atoms with Gasteiger partial charge in [0, 0.05) is 21.8 Å². The predicted molar refractivity (Wildman–Crippen MR) is 303 cm³/mol. The molecule has 10 aromatic carbocycles. The molecule has 0 spiro atoms. The Hall–Kier alpha value is -8.38. The lowest BCUT2D eigenvalue weighted by atomic mass is 9.86. The Morgan fingerprint density at radius 1 is 0.452 bits per heavy atom. The number of hydrogen-bond donors (Lipinski definition) is 2. The maximum Gasteiger partial charge on any atom is 0.153 e. The van der Waals surface area contributed by atoms with Crippen molar-refractivity contribution >= 4 is 92.5 Å². The first-order valence-electron chi connectivity index (χ1n) is 24.3. The Morgan fingerprint density at radius 3 is 1.52 bits per heavy atom. The zero-order valence-corrected chi connectivity index (χ0v) is 42.8. The van der Waals surface area contributed by atoms with Crippen LogP contribution in [0.3, 0.4) is 0 Å². The molecule has 0 amide bonds. The summed E-state index contributed by atoms with van der Waals surface area (Å²) in [6.45, 7) is 4.28. The summed E-state index contributed by atoms with van der Waals surface area (Å²) >= 11 is 6.90. The first-order valence-corrected chi connectivity index (χ1v) is 25.8. The molecule has 0 radical (unpaired) electrons. The third kappa shape index (κ3) is 7.57. The summed E-state index contributed by atoms with van der Waals surface area (Å²) in [5.41, 5.74) is 19.4. The SMILES string of the molecule is CCc1nc2cccc3c2n1-c1ccc(-c2c4ccccc4c(-c4ccccc4)c4ccccc24)cc1O3.CCc1nc2cccc3c2n1-c1ccc(Br)cc1O3.Nc1cccc2c1Nc1ccc(Br)cc1O2. The van der Waals surface area contributed by atoms with Gasteiger partial charge >= 0.3 is 0 Å². The predicted octanol–water partition coefficient (Wildman–Crippen LogP) is 17.7. The molecule has 0 bridgehead atoms. The largest absolute Gasteiger partial charge is 0.453 e. The van der Waals surface area contributed by atoms with Gasteiger partial charge in [-0.15, -0.1) is 0 Å². The van der Waals surface area contributed by atoms with Gasteiger partial charge < -0.3 is 25.3 Å². The summed E-state index contributed by atoms with van der Waals surface area (Å²) in [7, 11) is 0. The van der Waals surface area contributed by atoms with Crippen LogP contribution in [0.2, 0.25) is 0 Å². The van der Waals surface area contributed by atoms with Crippen molar-refractivity contribution in [3.63, 3.8) is 0 Å². The number of rotatable bonds is 4. The van der Waals surface area contributed by atoms with E-state index in [-0.39, 0.29) is 0 Å². The second kappa shape index (κ2) is 18.0. The maximum atomic E-state index is 6.53. The second-order valence-electron chi connectivity index (χ2n) is 18.0. The molecule has 0 fully saturated rings. The average molecular weight is 1080 g/mol. The number of aromatic nitrogens is 4. The normalized spacial score (nSPS) is 12.2. The minimum atomic E-state index is 0.686. The third-order valence-corrected chi connectivity index (χ3v) is 14.6. The number of imidazole rings is 2. The molecule has 15 rings (SSSR count). The number of nitrogens with zero attached hydrogens (tertiary/aromatic N) is 4. The van der Waals surface area contributed by atoms with E-state index in [9.17, 15) is 0 Å². The molecule has 3 aliphatic rings. The van der Waals surface area contributed by atoms with Crippen LogP contribution in [0.1, 0.15) is 25.5 Å². The topological polar surface area (TPSA) is 101 Å². The van der Waals surface area contributed by atoms with Gasteiger partial charge in [-0.25, -0.2) is 9.97 Å². The van der Waals surface area contributed by atoms with E-state index in [1.807, 2.05) is 78.9 Å². The Labute approximate surface area is 437 Å². The highest BCUT2D eigenvalue weighted by atomic mass is 79.9. The minimum Gasteiger partial charge on any atom is -0.453 e. The number of para-hydroxylation sites is 3. The number of aryl methyl sites for hydroxylation is 2. The van der Waals surface area contributed by atoms with Gasteiger partial charge in [0.15, 0.2) is 34.5 Å². The lowest BCUT2D eigenvalue weighted by Crippen LogP contribution is -2.07. The lowest BCUT2D eigenvalue weighted by molar-refractivity contribution is 0.474. The highest BCUT2D eigenvalue weighted by Gasteiger charge is 2.27. The highest BCUT2D eigenvalue weighted by Crippen LogP contribution is 2.49. The number of benzene rings is 10. The van der Waals surface area contributed by atoms with Crippen molar-refractivity contribution in [3.8, 4) is 68.1 Å². The van der Waals surface area contributed by atoms with E-state index in [2.05, 4.69) is 169 Å². The number of halogens is 2. The van der Waals surface area contributed by atoms with Crippen molar-refractivity contribution in [3.05, 3.63) is 209 Å². The van der Waals surface area contributed by atoms with Crippen LogP contribution in [0.25, 0.3) is 77.2 Å². The summed E-state index contributed by atoms with van der Waals surface area (Å²) < 4.78 is 24.8. The average Bonchev–Trinajstić information content (AvgIpc) is 4.01. The summed E-state index contributed by atoms with van der Waals surface area (Å²) in [4.78, 5) is 9.58. The molecular formula is C62H44Br2N6O3. The fourth-order valence-corrected chi connectivity index (χ4v) is 11.1. The highest BCUT2D eigenvalue weighted by molar-refractivity contribution is 9.10. The van der Waals surface area contributed by atoms with E-state index in [1.165, 1.54) is 38.2 Å². The van der Waals surface area contributed by atoms with Gasteiger partial charge in [0.1, 0.15) is 28.4 Å². The van der Waals surface area contributed by atoms with Crippen molar-refractivity contribution in [1.29, 1.82) is 0 Å². The first kappa shape index (κ1) is 44.6. The van der Waals surface area contributed by atoms with Crippen LogP contribution >= 0.6 is 31.9 Å². The van der Waals surface area contributed by atoms with Crippen LogP contribution in [-0.4, -0.2) is 19.1 Å². The van der Waals surface area contributed by atoms with E-state index in [4.69, 9.17) is 29.9 Å². The third-order valence-electron chi connectivity index (χ3n) is 13.6. The first-order chi connectivity index (χ1) is 35.8. The van der Waals surface area contributed by atoms with Crippen LogP contribution in [0, 0.1) is 0 Å². The van der Waals surface area contributed by atoms with Gasteiger partial charge in [-0.3, -0.25) is 9.13 Å². The van der Waals surface area contributed by atoms with Crippen molar-refractivity contribution in [1.82, 2.24) is 19.1 Å². The van der Waals surface area contributed by atoms with Crippen molar-refractivity contribution in [2.75, 3.05) is 11.1 Å². The van der Waals surface area contributed by atoms with E-state index < -0.39 is 0 Å². The van der Waals surface area contributed by atoms with Crippen LogP contribution in [0.5, 0.6) is 34.5 Å². The number of nitrogen functional groups attached to an aromatic ring is 1. The Balaban J connectivity index is 0.000000122. The fraction of sp³-hybridized carbons (Fsp3) is 0.0645. The van der Waals surface area contributed by atoms with Gasteiger partial charge in [-0.05, 0) is 129 Å². The van der Waals surface area contributed by atoms with Crippen molar-refractivity contribution < 1.29 is 14.2 Å². The summed E-state index contributed by atoms with van der Waals surface area (Å²) in [6, 6.07) is 64.5. The zero-order valence-electron chi connectivity index (χ0n) is 39.7. The number of nitrogens with one attached hydrogen (secondary N) is 1. The summed E-state index contributed by atoms with van der Waals surface area (Å²) in [5, 5.41) is 8.24. The second-order valence-corrected chi connectivity index (χ2v) is 19.8. The van der Waals surface area contributed by atoms with E-state index >= 15 is 0 Å². The molecule has 0 atom stereocenters. The molecule has 5 heterocycles. The molecular weight excluding hydrogens is 1040 g/mol. The molecule has 0 unspecified atom stereocenters. The molecule has 3 aliphatic heterocycles.